The van der Waals surface area contributed by atoms with Gasteiger partial charge in [-0.3, -0.25) is 9.97 Å². The fourth-order valence-electron chi connectivity index (χ4n) is 3.61. The van der Waals surface area contributed by atoms with Crippen molar-refractivity contribution in [3.05, 3.63) is 71.0 Å². The highest BCUT2D eigenvalue weighted by molar-refractivity contribution is 6.31. The minimum Gasteiger partial charge on any atom is -0.382 e. The van der Waals surface area contributed by atoms with Gasteiger partial charge in [0.2, 0.25) is 0 Å². The highest BCUT2D eigenvalue weighted by atomic mass is 35.5. The topological polar surface area (TPSA) is 77.5 Å². The van der Waals surface area contributed by atoms with Crippen LogP contribution in [0.4, 0.5) is 11.4 Å². The molecule has 0 aliphatic heterocycles. The van der Waals surface area contributed by atoms with E-state index in [-0.39, 0.29) is 0 Å². The molecule has 2 N–H and O–H groups in total. The first-order chi connectivity index (χ1) is 17.2. The summed E-state index contributed by atoms with van der Waals surface area (Å²) in [5, 5.41) is 10.2. The van der Waals surface area contributed by atoms with Gasteiger partial charge in [-0.2, -0.15) is 0 Å². The Kier molecular flexibility index (Phi) is 9.74. The van der Waals surface area contributed by atoms with Crippen LogP contribution in [0.3, 0.4) is 0 Å². The summed E-state index contributed by atoms with van der Waals surface area (Å²) in [4.78, 5) is 8.69. The molecule has 7 nitrogen and oxygen atoms in total. The van der Waals surface area contributed by atoms with E-state index in [2.05, 4.69) is 20.6 Å². The van der Waals surface area contributed by atoms with Gasteiger partial charge in [-0.25, -0.2) is 0 Å². The lowest BCUT2D eigenvalue weighted by atomic mass is 10.2. The quantitative estimate of drug-likeness (QED) is 0.210. The van der Waals surface area contributed by atoms with Gasteiger partial charge in [-0.1, -0.05) is 23.2 Å². The lowest BCUT2D eigenvalue weighted by Gasteiger charge is -2.11. The summed E-state index contributed by atoms with van der Waals surface area (Å²) in [6, 6.07) is 15.3. The molecule has 0 saturated carbocycles. The molecule has 184 valence electrons. The van der Waals surface area contributed by atoms with E-state index in [0.29, 0.717) is 62.8 Å². The van der Waals surface area contributed by atoms with E-state index in [1.54, 1.807) is 12.4 Å². The van der Waals surface area contributed by atoms with Crippen molar-refractivity contribution in [2.45, 2.75) is 0 Å². The molecule has 0 bridgehead atoms. The maximum absolute atomic E-state index is 6.04. The third-order valence-electron chi connectivity index (χ3n) is 5.28. The largest absolute Gasteiger partial charge is 0.382 e. The number of rotatable bonds is 14. The van der Waals surface area contributed by atoms with Gasteiger partial charge >= 0.3 is 0 Å². The van der Waals surface area contributed by atoms with Crippen LogP contribution in [-0.4, -0.2) is 62.7 Å². The van der Waals surface area contributed by atoms with Crippen molar-refractivity contribution in [2.75, 3.05) is 63.4 Å². The number of hydrogen-bond acceptors (Lipinski definition) is 7. The zero-order valence-corrected chi connectivity index (χ0v) is 20.8. The van der Waals surface area contributed by atoms with Gasteiger partial charge in [0.15, 0.2) is 0 Å². The molecule has 9 heteroatoms. The normalized spacial score (nSPS) is 11.3. The van der Waals surface area contributed by atoms with Crippen LogP contribution in [0.25, 0.3) is 21.8 Å². The lowest BCUT2D eigenvalue weighted by molar-refractivity contribution is 0.0183. The minimum atomic E-state index is 0.532. The second-order valence-corrected chi connectivity index (χ2v) is 8.60. The van der Waals surface area contributed by atoms with Crippen LogP contribution in [0.2, 0.25) is 10.0 Å². The zero-order valence-electron chi connectivity index (χ0n) is 19.3. The van der Waals surface area contributed by atoms with Gasteiger partial charge in [-0.05, 0) is 48.5 Å². The van der Waals surface area contributed by atoms with Crippen molar-refractivity contribution in [3.8, 4) is 0 Å². The molecule has 2 aromatic heterocycles. The molecular formula is C26H28Cl2N4O3. The fraction of sp³-hybridized carbons (Fsp3) is 0.308. The Labute approximate surface area is 214 Å². The Bertz CT molecular complexity index is 1150. The molecule has 0 fully saturated rings. The second-order valence-electron chi connectivity index (χ2n) is 7.73. The highest BCUT2D eigenvalue weighted by Gasteiger charge is 2.03. The van der Waals surface area contributed by atoms with Gasteiger partial charge in [0.05, 0.1) is 50.7 Å². The van der Waals surface area contributed by atoms with Crippen LogP contribution < -0.4 is 10.6 Å². The number of anilines is 2. The first-order valence-corrected chi connectivity index (χ1v) is 12.3. The molecule has 0 aliphatic rings. The first kappa shape index (κ1) is 25.4. The molecule has 0 amide bonds. The van der Waals surface area contributed by atoms with E-state index in [0.717, 1.165) is 33.2 Å². The van der Waals surface area contributed by atoms with E-state index in [4.69, 9.17) is 37.4 Å². The van der Waals surface area contributed by atoms with Gasteiger partial charge in [0.1, 0.15) is 0 Å². The zero-order chi connectivity index (χ0) is 24.3. The molecule has 4 aromatic rings. The summed E-state index contributed by atoms with van der Waals surface area (Å²) in [6.07, 6.45) is 3.54. The van der Waals surface area contributed by atoms with Gasteiger partial charge in [-0.15, -0.1) is 0 Å². The lowest BCUT2D eigenvalue weighted by Crippen LogP contribution is -2.15. The number of halogens is 2. The number of fused-ring (bicyclic) bond motifs is 2. The third kappa shape index (κ3) is 7.65. The monoisotopic (exact) mass is 514 g/mol. The van der Waals surface area contributed by atoms with E-state index < -0.39 is 0 Å². The number of ether oxygens (including phenoxy) is 3. The van der Waals surface area contributed by atoms with Crippen LogP contribution in [0.5, 0.6) is 0 Å². The van der Waals surface area contributed by atoms with Gasteiger partial charge in [0.25, 0.3) is 0 Å². The maximum atomic E-state index is 6.04. The molecule has 0 unspecified atom stereocenters. The second kappa shape index (κ2) is 13.4. The third-order valence-corrected chi connectivity index (χ3v) is 5.75. The van der Waals surface area contributed by atoms with Crippen LogP contribution in [0, 0.1) is 0 Å². The Morgan fingerprint density at radius 2 is 1.00 bits per heavy atom. The van der Waals surface area contributed by atoms with Crippen molar-refractivity contribution in [1.29, 1.82) is 0 Å². The van der Waals surface area contributed by atoms with Gasteiger partial charge < -0.3 is 24.8 Å². The Hall–Kier alpha value is -2.68. The predicted octanol–water partition coefficient (Wildman–Crippen LogP) is 5.66. The summed E-state index contributed by atoms with van der Waals surface area (Å²) in [6.45, 7) is 4.69. The molecule has 0 aliphatic carbocycles. The molecule has 2 heterocycles. The van der Waals surface area contributed by atoms with E-state index >= 15 is 0 Å². The summed E-state index contributed by atoms with van der Waals surface area (Å²) >= 11 is 12.1. The number of benzene rings is 2. The van der Waals surface area contributed by atoms with Gasteiger partial charge in [0, 0.05) is 57.7 Å². The van der Waals surface area contributed by atoms with Crippen LogP contribution >= 0.6 is 23.2 Å². The minimum absolute atomic E-state index is 0.532. The van der Waals surface area contributed by atoms with Crippen molar-refractivity contribution in [2.24, 2.45) is 0 Å². The number of pyridine rings is 2. The average Bonchev–Trinajstić information content (AvgIpc) is 2.86. The summed E-state index contributed by atoms with van der Waals surface area (Å²) < 4.78 is 16.8. The number of nitrogens with zero attached hydrogens (tertiary/aromatic N) is 2. The predicted molar refractivity (Wildman–Crippen MR) is 143 cm³/mol. The summed E-state index contributed by atoms with van der Waals surface area (Å²) in [5.41, 5.74) is 3.76. The summed E-state index contributed by atoms with van der Waals surface area (Å²) in [7, 11) is 0. The number of nitrogens with one attached hydrogen (secondary N) is 2. The van der Waals surface area contributed by atoms with Crippen molar-refractivity contribution < 1.29 is 14.2 Å². The van der Waals surface area contributed by atoms with E-state index in [1.165, 1.54) is 0 Å². The number of aromatic nitrogens is 2. The summed E-state index contributed by atoms with van der Waals surface area (Å²) in [5.74, 6) is 0. The van der Waals surface area contributed by atoms with Crippen molar-refractivity contribution in [3.63, 3.8) is 0 Å². The highest BCUT2D eigenvalue weighted by Crippen LogP contribution is 2.25. The van der Waals surface area contributed by atoms with Crippen LogP contribution in [0.15, 0.2) is 60.9 Å². The first-order valence-electron chi connectivity index (χ1n) is 11.5. The maximum Gasteiger partial charge on any atom is 0.0737 e. The molecule has 35 heavy (non-hydrogen) atoms. The molecule has 0 saturated heterocycles. The Balaban J connectivity index is 1.01. The molecule has 4 rings (SSSR count). The molecule has 0 radical (unpaired) electrons. The van der Waals surface area contributed by atoms with E-state index in [9.17, 15) is 0 Å². The standard InChI is InChI=1S/C26H28Cl2N4O3/c27-19-1-3-21-23(5-7-29-25(21)17-19)31-9-11-33-13-15-35-16-14-34-12-10-32-24-6-8-30-26-18-20(28)2-4-22(24)26/h1-8,17-18H,9-16H2,(H,29,31)(H,30,32). The van der Waals surface area contributed by atoms with Crippen molar-refractivity contribution >= 4 is 56.4 Å². The molecule has 0 atom stereocenters. The molecule has 0 spiro atoms. The molecular weight excluding hydrogens is 487 g/mol. The Morgan fingerprint density at radius 3 is 1.46 bits per heavy atom. The molecule has 2 aromatic carbocycles. The Morgan fingerprint density at radius 1 is 0.571 bits per heavy atom. The fourth-order valence-corrected chi connectivity index (χ4v) is 3.94. The number of hydrogen-bond donors (Lipinski definition) is 2. The smallest absolute Gasteiger partial charge is 0.0737 e. The van der Waals surface area contributed by atoms with Crippen molar-refractivity contribution in [1.82, 2.24) is 9.97 Å². The van der Waals surface area contributed by atoms with Crippen LogP contribution in [0.1, 0.15) is 0 Å². The average molecular weight is 515 g/mol. The van der Waals surface area contributed by atoms with Crippen LogP contribution in [-0.2, 0) is 14.2 Å². The van der Waals surface area contributed by atoms with E-state index in [1.807, 2.05) is 48.5 Å². The SMILES string of the molecule is Clc1ccc2c(NCCOCCOCCOCCNc3ccnc4cc(Cl)ccc34)ccnc2c1.